The molecule has 1 atom stereocenters. The van der Waals surface area contributed by atoms with Gasteiger partial charge in [-0.2, -0.15) is 0 Å². The van der Waals surface area contributed by atoms with Gasteiger partial charge in [0.1, 0.15) is 0 Å². The van der Waals surface area contributed by atoms with Crippen molar-refractivity contribution in [2.45, 2.75) is 19.4 Å². The molecule has 1 aromatic carbocycles. The molecule has 1 aromatic rings. The Morgan fingerprint density at radius 1 is 1.46 bits per heavy atom. The minimum absolute atomic E-state index is 0.126. The molecule has 1 unspecified atom stereocenters. The quantitative estimate of drug-likeness (QED) is 0.797. The molecular weight excluding hydrogens is 226 g/mol. The SMILES string of the molecule is C#CC(CC)Nc1ccc(Br)cc1. The van der Waals surface area contributed by atoms with Crippen LogP contribution >= 0.6 is 15.9 Å². The number of nitrogens with one attached hydrogen (secondary N) is 1. The van der Waals surface area contributed by atoms with E-state index >= 15 is 0 Å². The van der Waals surface area contributed by atoms with Gasteiger partial charge in [0.05, 0.1) is 6.04 Å². The van der Waals surface area contributed by atoms with E-state index in [9.17, 15) is 0 Å². The van der Waals surface area contributed by atoms with E-state index in [-0.39, 0.29) is 6.04 Å². The van der Waals surface area contributed by atoms with Crippen molar-refractivity contribution in [3.63, 3.8) is 0 Å². The summed E-state index contributed by atoms with van der Waals surface area (Å²) in [5, 5.41) is 3.25. The molecular formula is C11H12BrN. The summed E-state index contributed by atoms with van der Waals surface area (Å²) < 4.78 is 1.08. The van der Waals surface area contributed by atoms with E-state index in [4.69, 9.17) is 6.42 Å². The molecule has 0 aromatic heterocycles. The zero-order chi connectivity index (χ0) is 9.68. The topological polar surface area (TPSA) is 12.0 Å². The molecule has 0 aliphatic carbocycles. The van der Waals surface area contributed by atoms with E-state index in [1.165, 1.54) is 0 Å². The van der Waals surface area contributed by atoms with Crippen molar-refractivity contribution in [1.29, 1.82) is 0 Å². The lowest BCUT2D eigenvalue weighted by Gasteiger charge is -2.11. The van der Waals surface area contributed by atoms with E-state index in [0.717, 1.165) is 16.6 Å². The van der Waals surface area contributed by atoms with Crippen molar-refractivity contribution in [2.75, 3.05) is 5.32 Å². The molecule has 13 heavy (non-hydrogen) atoms. The van der Waals surface area contributed by atoms with Crippen molar-refractivity contribution < 1.29 is 0 Å². The molecule has 0 heterocycles. The van der Waals surface area contributed by atoms with Crippen LogP contribution in [0.4, 0.5) is 5.69 Å². The van der Waals surface area contributed by atoms with Gasteiger partial charge >= 0.3 is 0 Å². The normalized spacial score (nSPS) is 11.8. The first-order chi connectivity index (χ1) is 6.26. The molecule has 0 radical (unpaired) electrons. The van der Waals surface area contributed by atoms with Gasteiger partial charge in [-0.25, -0.2) is 0 Å². The number of halogens is 1. The average Bonchev–Trinajstić information content (AvgIpc) is 2.17. The van der Waals surface area contributed by atoms with Crippen LogP contribution in [0, 0.1) is 12.3 Å². The zero-order valence-corrected chi connectivity index (χ0v) is 9.14. The Labute approximate surface area is 87.7 Å². The number of anilines is 1. The van der Waals surface area contributed by atoms with E-state index in [1.807, 2.05) is 24.3 Å². The van der Waals surface area contributed by atoms with Gasteiger partial charge < -0.3 is 5.32 Å². The molecule has 0 aliphatic heterocycles. The van der Waals surface area contributed by atoms with Gasteiger partial charge in [0.15, 0.2) is 0 Å². The fraction of sp³-hybridized carbons (Fsp3) is 0.273. The highest BCUT2D eigenvalue weighted by molar-refractivity contribution is 9.10. The summed E-state index contributed by atoms with van der Waals surface area (Å²) in [5.41, 5.74) is 1.06. The molecule has 1 rings (SSSR count). The first-order valence-corrected chi connectivity index (χ1v) is 5.03. The highest BCUT2D eigenvalue weighted by Gasteiger charge is 2.00. The first kappa shape index (κ1) is 10.1. The van der Waals surface area contributed by atoms with E-state index < -0.39 is 0 Å². The summed E-state index contributed by atoms with van der Waals surface area (Å²) in [5.74, 6) is 2.69. The standard InChI is InChI=1S/C11H12BrN/c1-3-10(4-2)13-11-7-5-9(12)6-8-11/h1,5-8,10,13H,4H2,2H3. The monoisotopic (exact) mass is 237 g/mol. The van der Waals surface area contributed by atoms with Crippen LogP contribution in [-0.4, -0.2) is 6.04 Å². The molecule has 0 fully saturated rings. The van der Waals surface area contributed by atoms with Crippen molar-refractivity contribution in [2.24, 2.45) is 0 Å². The van der Waals surface area contributed by atoms with Crippen molar-refractivity contribution in [3.05, 3.63) is 28.7 Å². The van der Waals surface area contributed by atoms with Crippen LogP contribution in [0.5, 0.6) is 0 Å². The van der Waals surface area contributed by atoms with Crippen LogP contribution in [0.15, 0.2) is 28.7 Å². The maximum absolute atomic E-state index is 5.34. The lowest BCUT2D eigenvalue weighted by Crippen LogP contribution is -2.15. The molecule has 0 bridgehead atoms. The lowest BCUT2D eigenvalue weighted by molar-refractivity contribution is 0.858. The minimum atomic E-state index is 0.126. The van der Waals surface area contributed by atoms with Crippen molar-refractivity contribution >= 4 is 21.6 Å². The molecule has 0 aliphatic rings. The number of benzene rings is 1. The summed E-state index contributed by atoms with van der Waals surface area (Å²) in [7, 11) is 0. The highest BCUT2D eigenvalue weighted by atomic mass is 79.9. The lowest BCUT2D eigenvalue weighted by atomic mass is 10.2. The van der Waals surface area contributed by atoms with Crippen LogP contribution < -0.4 is 5.32 Å². The second-order valence-electron chi connectivity index (χ2n) is 2.78. The Hall–Kier alpha value is -0.940. The predicted octanol–water partition coefficient (Wildman–Crippen LogP) is 3.27. The van der Waals surface area contributed by atoms with Gasteiger partial charge in [0, 0.05) is 10.2 Å². The smallest absolute Gasteiger partial charge is 0.0871 e. The summed E-state index contributed by atoms with van der Waals surface area (Å²) in [6, 6.07) is 8.12. The number of terminal acetylenes is 1. The van der Waals surface area contributed by atoms with Gasteiger partial charge in [0.2, 0.25) is 0 Å². The van der Waals surface area contributed by atoms with Crippen molar-refractivity contribution in [1.82, 2.24) is 0 Å². The zero-order valence-electron chi connectivity index (χ0n) is 7.55. The third-order valence-electron chi connectivity index (χ3n) is 1.79. The molecule has 0 spiro atoms. The maximum Gasteiger partial charge on any atom is 0.0871 e. The summed E-state index contributed by atoms with van der Waals surface area (Å²) in [6.07, 6.45) is 6.28. The van der Waals surface area contributed by atoms with E-state index in [1.54, 1.807) is 0 Å². The largest absolute Gasteiger partial charge is 0.372 e. The van der Waals surface area contributed by atoms with Gasteiger partial charge in [0.25, 0.3) is 0 Å². The van der Waals surface area contributed by atoms with Crippen LogP contribution in [0.2, 0.25) is 0 Å². The third-order valence-corrected chi connectivity index (χ3v) is 2.32. The molecule has 0 amide bonds. The first-order valence-electron chi connectivity index (χ1n) is 4.24. The number of rotatable bonds is 3. The predicted molar refractivity (Wildman–Crippen MR) is 60.7 cm³/mol. The highest BCUT2D eigenvalue weighted by Crippen LogP contribution is 2.15. The molecule has 2 heteroatoms. The minimum Gasteiger partial charge on any atom is -0.372 e. The van der Waals surface area contributed by atoms with Crippen LogP contribution in [-0.2, 0) is 0 Å². The van der Waals surface area contributed by atoms with Gasteiger partial charge in [-0.15, -0.1) is 6.42 Å². The maximum atomic E-state index is 5.34. The van der Waals surface area contributed by atoms with E-state index in [0.29, 0.717) is 0 Å². The van der Waals surface area contributed by atoms with E-state index in [2.05, 4.69) is 34.1 Å². The Morgan fingerprint density at radius 2 is 2.08 bits per heavy atom. The molecule has 0 saturated heterocycles. The number of hydrogen-bond acceptors (Lipinski definition) is 1. The van der Waals surface area contributed by atoms with Gasteiger partial charge in [-0.1, -0.05) is 28.8 Å². The Balaban J connectivity index is 2.64. The Kier molecular flexibility index (Phi) is 3.85. The second-order valence-corrected chi connectivity index (χ2v) is 3.69. The molecule has 68 valence electrons. The Morgan fingerprint density at radius 3 is 2.54 bits per heavy atom. The fourth-order valence-corrected chi connectivity index (χ4v) is 1.27. The van der Waals surface area contributed by atoms with Gasteiger partial charge in [-0.05, 0) is 30.7 Å². The molecule has 0 saturated carbocycles. The summed E-state index contributed by atoms with van der Waals surface area (Å²) in [6.45, 7) is 2.07. The molecule has 1 N–H and O–H groups in total. The summed E-state index contributed by atoms with van der Waals surface area (Å²) in [4.78, 5) is 0. The van der Waals surface area contributed by atoms with Crippen LogP contribution in [0.25, 0.3) is 0 Å². The van der Waals surface area contributed by atoms with Gasteiger partial charge in [-0.3, -0.25) is 0 Å². The average molecular weight is 238 g/mol. The Bertz CT molecular complexity index is 297. The fourth-order valence-electron chi connectivity index (χ4n) is 1.01. The second kappa shape index (κ2) is 4.94. The van der Waals surface area contributed by atoms with Crippen LogP contribution in [0.3, 0.4) is 0 Å². The molecule has 1 nitrogen and oxygen atoms in total. The van der Waals surface area contributed by atoms with Crippen molar-refractivity contribution in [3.8, 4) is 12.3 Å². The van der Waals surface area contributed by atoms with Crippen LogP contribution in [0.1, 0.15) is 13.3 Å². The number of hydrogen-bond donors (Lipinski definition) is 1. The summed E-state index contributed by atoms with van der Waals surface area (Å²) >= 11 is 3.38. The third kappa shape index (κ3) is 3.12.